The normalized spacial score (nSPS) is 13.6. The first-order valence-electron chi connectivity index (χ1n) is 7.67. The van der Waals surface area contributed by atoms with Gasteiger partial charge in [0.1, 0.15) is 0 Å². The smallest absolute Gasteiger partial charge is 0.242 e. The lowest BCUT2D eigenvalue weighted by molar-refractivity contribution is 0.393. The van der Waals surface area contributed by atoms with E-state index in [1.807, 2.05) is 12.1 Å². The summed E-state index contributed by atoms with van der Waals surface area (Å²) in [7, 11) is -1.72. The van der Waals surface area contributed by atoms with Crippen LogP contribution in [0.3, 0.4) is 0 Å². The van der Waals surface area contributed by atoms with E-state index in [1.165, 1.54) is 4.31 Å². The molecule has 0 heterocycles. The van der Waals surface area contributed by atoms with Crippen molar-refractivity contribution in [2.45, 2.75) is 45.1 Å². The van der Waals surface area contributed by atoms with Crippen LogP contribution in [0, 0.1) is 5.92 Å². The van der Waals surface area contributed by atoms with E-state index >= 15 is 0 Å². The van der Waals surface area contributed by atoms with Crippen LogP contribution in [-0.2, 0) is 16.6 Å². The van der Waals surface area contributed by atoms with Gasteiger partial charge in [-0.3, -0.25) is 0 Å². The summed E-state index contributed by atoms with van der Waals surface area (Å²) in [5.41, 5.74) is 1.10. The molecule has 0 aliphatic heterocycles. The third kappa shape index (κ3) is 5.41. The Morgan fingerprint density at radius 1 is 1.19 bits per heavy atom. The number of nitrogens with zero attached hydrogens (tertiary/aromatic N) is 1. The molecule has 0 aromatic heterocycles. The van der Waals surface area contributed by atoms with Gasteiger partial charge in [0.2, 0.25) is 10.0 Å². The molecular weight excluding hydrogens is 284 g/mol. The average Bonchev–Trinajstić information content (AvgIpc) is 2.47. The minimum Gasteiger partial charge on any atom is -0.313 e. The number of rotatable bonds is 9. The van der Waals surface area contributed by atoms with Crippen LogP contribution in [0.4, 0.5) is 0 Å². The second-order valence-electron chi connectivity index (χ2n) is 5.62. The summed E-state index contributed by atoms with van der Waals surface area (Å²) in [6, 6.07) is 7.16. The van der Waals surface area contributed by atoms with E-state index in [4.69, 9.17) is 0 Å². The molecule has 0 saturated carbocycles. The van der Waals surface area contributed by atoms with Crippen molar-refractivity contribution >= 4 is 10.0 Å². The summed E-state index contributed by atoms with van der Waals surface area (Å²) in [5.74, 6) is 0.363. The quantitative estimate of drug-likeness (QED) is 0.713. The Morgan fingerprint density at radius 3 is 2.33 bits per heavy atom. The van der Waals surface area contributed by atoms with E-state index in [9.17, 15) is 8.42 Å². The molecule has 0 saturated heterocycles. The lowest BCUT2D eigenvalue weighted by Crippen LogP contribution is -2.31. The van der Waals surface area contributed by atoms with Gasteiger partial charge >= 0.3 is 0 Å². The van der Waals surface area contributed by atoms with Gasteiger partial charge in [-0.15, -0.1) is 0 Å². The fourth-order valence-corrected chi connectivity index (χ4v) is 3.33. The van der Waals surface area contributed by atoms with Crippen molar-refractivity contribution in [1.82, 2.24) is 9.62 Å². The second kappa shape index (κ2) is 8.51. The van der Waals surface area contributed by atoms with Crippen LogP contribution in [0.2, 0.25) is 0 Å². The second-order valence-corrected chi connectivity index (χ2v) is 7.66. The Morgan fingerprint density at radius 2 is 1.81 bits per heavy atom. The van der Waals surface area contributed by atoms with Crippen LogP contribution in [-0.4, -0.2) is 32.9 Å². The van der Waals surface area contributed by atoms with Gasteiger partial charge in [0.15, 0.2) is 0 Å². The average molecular weight is 312 g/mol. The Labute approximate surface area is 129 Å². The fraction of sp³-hybridized carbons (Fsp3) is 0.625. The van der Waals surface area contributed by atoms with Gasteiger partial charge in [0.25, 0.3) is 0 Å². The Kier molecular flexibility index (Phi) is 7.35. The van der Waals surface area contributed by atoms with Crippen molar-refractivity contribution in [1.29, 1.82) is 0 Å². The highest BCUT2D eigenvalue weighted by Gasteiger charge is 2.21. The maximum Gasteiger partial charge on any atom is 0.242 e. The number of sulfonamides is 1. The predicted octanol–water partition coefficient (Wildman–Crippen LogP) is 2.85. The zero-order valence-corrected chi connectivity index (χ0v) is 14.4. The van der Waals surface area contributed by atoms with E-state index in [0.717, 1.165) is 31.5 Å². The van der Waals surface area contributed by atoms with Gasteiger partial charge in [-0.25, -0.2) is 12.7 Å². The first-order valence-corrected chi connectivity index (χ1v) is 9.11. The largest absolute Gasteiger partial charge is 0.313 e. The van der Waals surface area contributed by atoms with Gasteiger partial charge in [-0.2, -0.15) is 0 Å². The summed E-state index contributed by atoms with van der Waals surface area (Å²) in [4.78, 5) is 0.368. The van der Waals surface area contributed by atoms with Crippen LogP contribution in [0.15, 0.2) is 29.2 Å². The molecule has 0 bridgehead atoms. The third-order valence-electron chi connectivity index (χ3n) is 3.65. The molecule has 21 heavy (non-hydrogen) atoms. The molecule has 1 aromatic carbocycles. The molecule has 0 fully saturated rings. The summed E-state index contributed by atoms with van der Waals surface area (Å²) in [6.45, 7) is 8.56. The first kappa shape index (κ1) is 18.1. The molecular formula is C16H28N2O2S. The molecule has 1 aromatic rings. The van der Waals surface area contributed by atoms with E-state index in [-0.39, 0.29) is 0 Å². The Bertz CT molecular complexity index is 512. The van der Waals surface area contributed by atoms with Crippen molar-refractivity contribution in [2.24, 2.45) is 5.92 Å². The highest BCUT2D eigenvalue weighted by atomic mass is 32.2. The van der Waals surface area contributed by atoms with Crippen LogP contribution in [0.5, 0.6) is 0 Å². The molecule has 0 aliphatic rings. The van der Waals surface area contributed by atoms with Crippen molar-refractivity contribution in [3.8, 4) is 0 Å². The van der Waals surface area contributed by atoms with Crippen LogP contribution < -0.4 is 5.32 Å². The van der Waals surface area contributed by atoms with Crippen molar-refractivity contribution < 1.29 is 8.42 Å². The van der Waals surface area contributed by atoms with Crippen molar-refractivity contribution in [3.05, 3.63) is 29.8 Å². The highest BCUT2D eigenvalue weighted by molar-refractivity contribution is 7.89. The zero-order chi connectivity index (χ0) is 15.9. The molecule has 0 aliphatic carbocycles. The van der Waals surface area contributed by atoms with E-state index < -0.39 is 10.0 Å². The number of nitrogens with one attached hydrogen (secondary N) is 1. The van der Waals surface area contributed by atoms with Gasteiger partial charge in [0, 0.05) is 20.1 Å². The predicted molar refractivity (Wildman–Crippen MR) is 87.7 cm³/mol. The molecule has 5 heteroatoms. The summed E-state index contributed by atoms with van der Waals surface area (Å²) >= 11 is 0. The lowest BCUT2D eigenvalue weighted by atomic mass is 10.1. The van der Waals surface area contributed by atoms with Gasteiger partial charge < -0.3 is 5.32 Å². The molecule has 1 atom stereocenters. The highest BCUT2D eigenvalue weighted by Crippen LogP contribution is 2.17. The SMILES string of the molecule is CCCNCc1ccc(S(=O)(=O)N(C)CC(C)CC)cc1. The van der Waals surface area contributed by atoms with E-state index in [0.29, 0.717) is 17.4 Å². The zero-order valence-electron chi connectivity index (χ0n) is 13.6. The standard InChI is InChI=1S/C16H28N2O2S/c1-5-11-17-12-15-7-9-16(10-8-15)21(19,20)18(4)13-14(3)6-2/h7-10,14,17H,5-6,11-13H2,1-4H3. The minimum absolute atomic E-state index is 0.363. The van der Waals surface area contributed by atoms with Gasteiger partial charge in [0.05, 0.1) is 4.90 Å². The number of hydrogen-bond acceptors (Lipinski definition) is 3. The Balaban J connectivity index is 2.75. The van der Waals surface area contributed by atoms with Crippen molar-refractivity contribution in [2.75, 3.05) is 20.1 Å². The van der Waals surface area contributed by atoms with Crippen molar-refractivity contribution in [3.63, 3.8) is 0 Å². The van der Waals surface area contributed by atoms with E-state index in [2.05, 4.69) is 26.1 Å². The summed E-state index contributed by atoms with van der Waals surface area (Å²) < 4.78 is 26.4. The van der Waals surface area contributed by atoms with Gasteiger partial charge in [-0.05, 0) is 36.6 Å². The maximum atomic E-state index is 12.5. The van der Waals surface area contributed by atoms with Crippen LogP contribution in [0.25, 0.3) is 0 Å². The fourth-order valence-electron chi connectivity index (χ4n) is 2.03. The van der Waals surface area contributed by atoms with E-state index in [1.54, 1.807) is 19.2 Å². The Hall–Kier alpha value is -0.910. The van der Waals surface area contributed by atoms with Crippen LogP contribution >= 0.6 is 0 Å². The first-order chi connectivity index (χ1) is 9.91. The third-order valence-corrected chi connectivity index (χ3v) is 5.49. The van der Waals surface area contributed by atoms with Gasteiger partial charge in [-0.1, -0.05) is 39.3 Å². The number of benzene rings is 1. The molecule has 1 rings (SSSR count). The maximum absolute atomic E-state index is 12.5. The molecule has 1 N–H and O–H groups in total. The molecule has 120 valence electrons. The molecule has 0 radical (unpaired) electrons. The molecule has 0 spiro atoms. The molecule has 0 amide bonds. The number of hydrogen-bond donors (Lipinski definition) is 1. The summed E-state index contributed by atoms with van der Waals surface area (Å²) in [6.07, 6.45) is 2.06. The molecule has 1 unspecified atom stereocenters. The topological polar surface area (TPSA) is 49.4 Å². The minimum atomic E-state index is -3.37. The molecule has 4 nitrogen and oxygen atoms in total. The lowest BCUT2D eigenvalue weighted by Gasteiger charge is -2.20. The van der Waals surface area contributed by atoms with Crippen LogP contribution in [0.1, 0.15) is 39.2 Å². The monoisotopic (exact) mass is 312 g/mol. The summed E-state index contributed by atoms with van der Waals surface area (Å²) in [5, 5.41) is 3.31.